The van der Waals surface area contributed by atoms with Gasteiger partial charge in [-0.25, -0.2) is 14.4 Å². The van der Waals surface area contributed by atoms with Crippen molar-refractivity contribution in [3.05, 3.63) is 60.8 Å². The minimum atomic E-state index is -0.485. The number of hydrogen-bond donors (Lipinski definition) is 0. The molecule has 0 aliphatic carbocycles. The van der Waals surface area contributed by atoms with Crippen molar-refractivity contribution >= 4 is 33.5 Å². The first-order valence-electron chi connectivity index (χ1n) is 6.80. The molecule has 4 aromatic heterocycles. The second-order valence-corrected chi connectivity index (χ2v) is 6.04. The number of aromatic nitrogens is 4. The van der Waals surface area contributed by atoms with Crippen molar-refractivity contribution in [2.75, 3.05) is 0 Å². The summed E-state index contributed by atoms with van der Waals surface area (Å²) in [6, 6.07) is 3.48. The predicted molar refractivity (Wildman–Crippen MR) is 85.7 cm³/mol. The van der Waals surface area contributed by atoms with Crippen molar-refractivity contribution in [2.45, 2.75) is 13.8 Å². The molecule has 0 aliphatic heterocycles. The Morgan fingerprint density at radius 3 is 2.70 bits per heavy atom. The highest BCUT2D eigenvalue weighted by Gasteiger charge is 2.15. The van der Waals surface area contributed by atoms with E-state index in [1.165, 1.54) is 10.7 Å². The van der Waals surface area contributed by atoms with Gasteiger partial charge in [0.25, 0.3) is 5.56 Å². The van der Waals surface area contributed by atoms with Crippen LogP contribution in [-0.4, -0.2) is 19.4 Å². The van der Waals surface area contributed by atoms with Crippen molar-refractivity contribution in [3.63, 3.8) is 0 Å². The highest BCUT2D eigenvalue weighted by atomic mass is 32.1. The lowest BCUT2D eigenvalue weighted by Crippen LogP contribution is -2.25. The summed E-state index contributed by atoms with van der Waals surface area (Å²) < 4.78 is 6.97. The van der Waals surface area contributed by atoms with Gasteiger partial charge in [0.15, 0.2) is 11.2 Å². The molecule has 0 bridgehead atoms. The molecule has 8 heteroatoms. The lowest BCUT2D eigenvalue weighted by atomic mass is 10.3. The van der Waals surface area contributed by atoms with Gasteiger partial charge in [-0.15, -0.1) is 0 Å². The molecule has 4 rings (SSSR count). The molecule has 0 saturated heterocycles. The predicted octanol–water partition coefficient (Wildman–Crippen LogP) is 0.817. The average Bonchev–Trinajstić information content (AvgIpc) is 3.11. The monoisotopic (exact) mass is 326 g/mol. The Kier molecular flexibility index (Phi) is 2.88. The number of fused-ring (bicyclic) bond motifs is 3. The molecule has 0 radical (unpaired) electrons. The summed E-state index contributed by atoms with van der Waals surface area (Å²) in [6.07, 6.45) is 3.14. The van der Waals surface area contributed by atoms with E-state index in [0.717, 1.165) is 11.3 Å². The molecule has 0 spiro atoms. The van der Waals surface area contributed by atoms with E-state index in [4.69, 9.17) is 4.42 Å². The van der Waals surface area contributed by atoms with E-state index in [9.17, 15) is 9.59 Å². The third-order valence-electron chi connectivity index (χ3n) is 3.52. The molecule has 0 amide bonds. The summed E-state index contributed by atoms with van der Waals surface area (Å²) in [4.78, 5) is 37.7. The number of nitrogens with zero attached hydrogens (tertiary/aromatic N) is 4. The number of thiazole rings is 1. The Labute approximate surface area is 132 Å². The van der Waals surface area contributed by atoms with Gasteiger partial charge in [0, 0.05) is 6.08 Å². The summed E-state index contributed by atoms with van der Waals surface area (Å²) in [5, 5.41) is 0. The van der Waals surface area contributed by atoms with Crippen molar-refractivity contribution in [1.29, 1.82) is 0 Å². The molecule has 0 atom stereocenters. The zero-order valence-corrected chi connectivity index (χ0v) is 13.0. The van der Waals surface area contributed by atoms with Gasteiger partial charge in [-0.05, 0) is 26.0 Å². The van der Waals surface area contributed by atoms with E-state index in [2.05, 4.69) is 15.0 Å². The summed E-state index contributed by atoms with van der Waals surface area (Å²) >= 11 is 1.12. The molecular weight excluding hydrogens is 316 g/mol. The second kappa shape index (κ2) is 4.82. The molecule has 7 nitrogen and oxygen atoms in total. The topological polar surface area (TPSA) is 90.4 Å². The summed E-state index contributed by atoms with van der Waals surface area (Å²) in [5.74, 6) is 0.555. The van der Waals surface area contributed by atoms with E-state index < -0.39 is 5.56 Å². The first kappa shape index (κ1) is 13.8. The number of rotatable bonds is 1. The Hall–Kier alpha value is -2.87. The maximum absolute atomic E-state index is 12.7. The molecule has 0 unspecified atom stereocenters. The first-order valence-corrected chi connectivity index (χ1v) is 7.62. The van der Waals surface area contributed by atoms with Crippen LogP contribution in [0.4, 0.5) is 0 Å². The van der Waals surface area contributed by atoms with Gasteiger partial charge in [0.1, 0.15) is 10.3 Å². The molecule has 4 heterocycles. The van der Waals surface area contributed by atoms with Gasteiger partial charge in [-0.2, -0.15) is 4.98 Å². The van der Waals surface area contributed by atoms with Crippen LogP contribution in [0.25, 0.3) is 22.2 Å². The smallest absolute Gasteiger partial charge is 0.302 e. The Morgan fingerprint density at radius 2 is 1.96 bits per heavy atom. The van der Waals surface area contributed by atoms with Crippen molar-refractivity contribution in [2.24, 2.45) is 0 Å². The van der Waals surface area contributed by atoms with Gasteiger partial charge >= 0.3 is 5.56 Å². The van der Waals surface area contributed by atoms with Crippen molar-refractivity contribution in [3.8, 4) is 0 Å². The first-order chi connectivity index (χ1) is 11.0. The lowest BCUT2D eigenvalue weighted by Gasteiger charge is -2.02. The minimum Gasteiger partial charge on any atom is -0.465 e. The molecule has 0 saturated carbocycles. The summed E-state index contributed by atoms with van der Waals surface area (Å²) in [7, 11) is 0. The van der Waals surface area contributed by atoms with Gasteiger partial charge in [-0.1, -0.05) is 11.3 Å². The molecular formula is C15H10N4O3S. The summed E-state index contributed by atoms with van der Waals surface area (Å²) in [6.45, 7) is 3.55. The van der Waals surface area contributed by atoms with Crippen molar-refractivity contribution in [1.82, 2.24) is 19.4 Å². The zero-order chi connectivity index (χ0) is 16.1. The molecule has 23 heavy (non-hydrogen) atoms. The molecule has 0 aromatic carbocycles. The van der Waals surface area contributed by atoms with Crippen LogP contribution in [0.15, 0.2) is 32.4 Å². The van der Waals surface area contributed by atoms with Crippen LogP contribution < -0.4 is 15.7 Å². The van der Waals surface area contributed by atoms with E-state index in [0.29, 0.717) is 26.6 Å². The molecule has 4 aromatic rings. The third kappa shape index (κ3) is 2.07. The van der Waals surface area contributed by atoms with E-state index in [1.54, 1.807) is 32.1 Å². The maximum Gasteiger partial charge on any atom is 0.302 e. The van der Waals surface area contributed by atoms with Crippen LogP contribution >= 0.6 is 11.3 Å². The molecule has 0 aliphatic rings. The molecule has 114 valence electrons. The quantitative estimate of drug-likeness (QED) is 0.514. The fourth-order valence-corrected chi connectivity index (χ4v) is 3.21. The van der Waals surface area contributed by atoms with Crippen LogP contribution in [0.2, 0.25) is 0 Å². The highest BCUT2D eigenvalue weighted by molar-refractivity contribution is 7.15. The standard InChI is InChI=1S/C15H10N4O3S/c1-7-8(2)17-12-11(16-7)13(20)18-15-19(12)14(21)10(23-15)6-9-4-3-5-22-9/h3-6H,1-2H3/b10-6-. The maximum atomic E-state index is 12.7. The summed E-state index contributed by atoms with van der Waals surface area (Å²) in [5.41, 5.74) is 0.867. The van der Waals surface area contributed by atoms with Gasteiger partial charge in [-0.3, -0.25) is 9.59 Å². The van der Waals surface area contributed by atoms with Gasteiger partial charge in [0.2, 0.25) is 4.96 Å². The second-order valence-electron chi connectivity index (χ2n) is 5.03. The van der Waals surface area contributed by atoms with Crippen LogP contribution in [0.3, 0.4) is 0 Å². The highest BCUT2D eigenvalue weighted by Crippen LogP contribution is 2.10. The normalized spacial score (nSPS) is 12.5. The lowest BCUT2D eigenvalue weighted by molar-refractivity contribution is 0.556. The van der Waals surface area contributed by atoms with Crippen LogP contribution in [0, 0.1) is 13.8 Å². The van der Waals surface area contributed by atoms with E-state index in [-0.39, 0.29) is 16.7 Å². The fourth-order valence-electron chi connectivity index (χ4n) is 2.27. The fraction of sp³-hybridized carbons (Fsp3) is 0.133. The molecule has 0 N–H and O–H groups in total. The largest absolute Gasteiger partial charge is 0.465 e. The minimum absolute atomic E-state index is 0.102. The Bertz CT molecular complexity index is 1220. The third-order valence-corrected chi connectivity index (χ3v) is 4.49. The van der Waals surface area contributed by atoms with E-state index >= 15 is 0 Å². The Balaban J connectivity index is 2.19. The van der Waals surface area contributed by atoms with Gasteiger partial charge < -0.3 is 4.42 Å². The van der Waals surface area contributed by atoms with Gasteiger partial charge in [0.05, 0.1) is 17.7 Å². The SMILES string of the molecule is Cc1nc2c(=O)nc3s/c(=C\c4ccco4)c(=O)n3c2nc1C. The van der Waals surface area contributed by atoms with Crippen LogP contribution in [0.5, 0.6) is 0 Å². The zero-order valence-electron chi connectivity index (χ0n) is 12.2. The molecule has 0 fully saturated rings. The van der Waals surface area contributed by atoms with E-state index in [1.807, 2.05) is 0 Å². The Morgan fingerprint density at radius 1 is 1.17 bits per heavy atom. The average molecular weight is 326 g/mol. The van der Waals surface area contributed by atoms with Crippen LogP contribution in [0.1, 0.15) is 17.1 Å². The van der Waals surface area contributed by atoms with Crippen LogP contribution in [-0.2, 0) is 0 Å². The number of aryl methyl sites for hydroxylation is 2. The van der Waals surface area contributed by atoms with Crippen molar-refractivity contribution < 1.29 is 4.42 Å². The number of furan rings is 1. The number of hydrogen-bond acceptors (Lipinski definition) is 7.